The first-order valence-electron chi connectivity index (χ1n) is 9.48. The van der Waals surface area contributed by atoms with Gasteiger partial charge in [-0.1, -0.05) is 71.9 Å². The Kier molecular flexibility index (Phi) is 4.33. The summed E-state index contributed by atoms with van der Waals surface area (Å²) in [7, 11) is 0. The first-order valence-corrected chi connectivity index (χ1v) is 9.48. The van der Waals surface area contributed by atoms with Gasteiger partial charge in [-0.2, -0.15) is 0 Å². The van der Waals surface area contributed by atoms with Crippen molar-refractivity contribution in [2.75, 3.05) is 0 Å². The smallest absolute Gasteiger partial charge is 0.318 e. The highest BCUT2D eigenvalue weighted by molar-refractivity contribution is 6.23. The van der Waals surface area contributed by atoms with Crippen LogP contribution in [-0.4, -0.2) is 21.6 Å². The van der Waals surface area contributed by atoms with Crippen LogP contribution in [0.2, 0.25) is 0 Å². The number of hydrogen-bond donors (Lipinski definition) is 0. The van der Waals surface area contributed by atoms with Gasteiger partial charge in [-0.3, -0.25) is 0 Å². The molecular weight excluding hydrogens is 362 g/mol. The SMILES string of the molecule is O=C(CCc1ccccc1)ON=C1c2ccccc2-c2nc3ccccc3nc21. The molecule has 0 aliphatic heterocycles. The molecule has 29 heavy (non-hydrogen) atoms. The van der Waals surface area contributed by atoms with Crippen molar-refractivity contribution in [1.82, 2.24) is 9.97 Å². The fourth-order valence-corrected chi connectivity index (χ4v) is 3.50. The van der Waals surface area contributed by atoms with Gasteiger partial charge in [-0.25, -0.2) is 14.8 Å². The molecule has 1 heterocycles. The number of oxime groups is 1. The van der Waals surface area contributed by atoms with E-state index in [0.29, 0.717) is 17.8 Å². The van der Waals surface area contributed by atoms with Crippen LogP contribution in [0.1, 0.15) is 23.2 Å². The second-order valence-electron chi connectivity index (χ2n) is 6.84. The van der Waals surface area contributed by atoms with Crippen LogP contribution < -0.4 is 0 Å². The van der Waals surface area contributed by atoms with Crippen molar-refractivity contribution < 1.29 is 9.63 Å². The highest BCUT2D eigenvalue weighted by atomic mass is 16.7. The third-order valence-corrected chi connectivity index (χ3v) is 4.93. The molecule has 5 nitrogen and oxygen atoms in total. The molecule has 1 aliphatic carbocycles. The van der Waals surface area contributed by atoms with Gasteiger partial charge >= 0.3 is 5.97 Å². The highest BCUT2D eigenvalue weighted by Crippen LogP contribution is 2.35. The van der Waals surface area contributed by atoms with Crippen LogP contribution in [0.25, 0.3) is 22.3 Å². The van der Waals surface area contributed by atoms with Gasteiger partial charge in [-0.15, -0.1) is 0 Å². The molecule has 0 spiro atoms. The summed E-state index contributed by atoms with van der Waals surface area (Å²) in [6.45, 7) is 0. The Bertz CT molecular complexity index is 1250. The molecule has 0 radical (unpaired) electrons. The van der Waals surface area contributed by atoms with Crippen LogP contribution in [0.3, 0.4) is 0 Å². The molecule has 3 aromatic carbocycles. The van der Waals surface area contributed by atoms with Crippen LogP contribution in [-0.2, 0) is 16.1 Å². The highest BCUT2D eigenvalue weighted by Gasteiger charge is 2.29. The molecule has 0 atom stereocenters. The van der Waals surface area contributed by atoms with E-state index in [9.17, 15) is 4.79 Å². The van der Waals surface area contributed by atoms with Crippen molar-refractivity contribution in [2.45, 2.75) is 12.8 Å². The Labute approximate surface area is 167 Å². The molecule has 1 aromatic heterocycles. The minimum atomic E-state index is -0.374. The Balaban J connectivity index is 1.45. The summed E-state index contributed by atoms with van der Waals surface area (Å²) in [5.74, 6) is -0.374. The van der Waals surface area contributed by atoms with E-state index in [2.05, 4.69) is 5.16 Å². The van der Waals surface area contributed by atoms with Crippen molar-refractivity contribution >= 4 is 22.7 Å². The Morgan fingerprint density at radius 2 is 1.38 bits per heavy atom. The average Bonchev–Trinajstić information content (AvgIpc) is 3.08. The van der Waals surface area contributed by atoms with Gasteiger partial charge in [0, 0.05) is 11.1 Å². The number of rotatable bonds is 4. The summed E-state index contributed by atoms with van der Waals surface area (Å²) in [5, 5.41) is 4.19. The van der Waals surface area contributed by atoms with Gasteiger partial charge in [0.15, 0.2) is 0 Å². The van der Waals surface area contributed by atoms with E-state index in [-0.39, 0.29) is 12.4 Å². The Morgan fingerprint density at radius 3 is 2.14 bits per heavy atom. The molecule has 0 amide bonds. The predicted octanol–water partition coefficient (Wildman–Crippen LogP) is 4.54. The Morgan fingerprint density at radius 1 is 0.759 bits per heavy atom. The molecule has 140 valence electrons. The lowest BCUT2D eigenvalue weighted by Crippen LogP contribution is -2.07. The summed E-state index contributed by atoms with van der Waals surface area (Å²) in [5.41, 5.74) is 6.45. The largest absolute Gasteiger partial charge is 0.335 e. The number of para-hydroxylation sites is 2. The van der Waals surface area contributed by atoms with E-state index in [0.717, 1.165) is 33.4 Å². The lowest BCUT2D eigenvalue weighted by Gasteiger charge is -2.03. The summed E-state index contributed by atoms with van der Waals surface area (Å²) >= 11 is 0. The van der Waals surface area contributed by atoms with E-state index in [1.165, 1.54) is 0 Å². The van der Waals surface area contributed by atoms with Crippen LogP contribution in [0.5, 0.6) is 0 Å². The van der Waals surface area contributed by atoms with E-state index >= 15 is 0 Å². The number of benzene rings is 3. The zero-order valence-corrected chi connectivity index (χ0v) is 15.6. The van der Waals surface area contributed by atoms with Gasteiger partial charge in [0.2, 0.25) is 0 Å². The maximum Gasteiger partial charge on any atom is 0.335 e. The maximum atomic E-state index is 12.2. The maximum absolute atomic E-state index is 12.2. The number of aryl methyl sites for hydroxylation is 1. The fourth-order valence-electron chi connectivity index (χ4n) is 3.50. The molecule has 4 aromatic rings. The summed E-state index contributed by atoms with van der Waals surface area (Å²) in [4.78, 5) is 27.0. The zero-order valence-electron chi connectivity index (χ0n) is 15.6. The van der Waals surface area contributed by atoms with Crippen LogP contribution >= 0.6 is 0 Å². The van der Waals surface area contributed by atoms with Crippen LogP contribution in [0.15, 0.2) is 84.0 Å². The van der Waals surface area contributed by atoms with Gasteiger partial charge < -0.3 is 4.84 Å². The van der Waals surface area contributed by atoms with Gasteiger partial charge in [0.05, 0.1) is 23.1 Å². The third kappa shape index (κ3) is 3.27. The number of aromatic nitrogens is 2. The Hall–Kier alpha value is -3.86. The van der Waals surface area contributed by atoms with E-state index < -0.39 is 0 Å². The minimum absolute atomic E-state index is 0.263. The molecule has 0 saturated carbocycles. The second-order valence-corrected chi connectivity index (χ2v) is 6.84. The molecule has 5 rings (SSSR count). The summed E-state index contributed by atoms with van der Waals surface area (Å²) in [6.07, 6.45) is 0.876. The van der Waals surface area contributed by atoms with E-state index in [1.807, 2.05) is 78.9 Å². The summed E-state index contributed by atoms with van der Waals surface area (Å²) in [6, 6.07) is 25.4. The van der Waals surface area contributed by atoms with Gasteiger partial charge in [0.25, 0.3) is 0 Å². The molecule has 0 saturated heterocycles. The summed E-state index contributed by atoms with van der Waals surface area (Å²) < 4.78 is 0. The van der Waals surface area contributed by atoms with Gasteiger partial charge in [0.1, 0.15) is 11.4 Å². The topological polar surface area (TPSA) is 64.4 Å². The van der Waals surface area contributed by atoms with Crippen LogP contribution in [0, 0.1) is 0 Å². The minimum Gasteiger partial charge on any atom is -0.318 e. The normalized spacial score (nSPS) is 13.3. The lowest BCUT2D eigenvalue weighted by molar-refractivity contribution is -0.143. The van der Waals surface area contributed by atoms with Crippen LogP contribution in [0.4, 0.5) is 0 Å². The van der Waals surface area contributed by atoms with E-state index in [4.69, 9.17) is 14.8 Å². The standard InChI is InChI=1S/C24H17N3O2/c28-21(15-14-16-8-2-1-3-9-16)29-27-23-18-11-5-4-10-17(18)22-24(23)26-20-13-7-6-12-19(20)25-22/h1-13H,14-15H2. The quantitative estimate of drug-likeness (QED) is 0.340. The number of fused-ring (bicyclic) bond motifs is 4. The predicted molar refractivity (Wildman–Crippen MR) is 111 cm³/mol. The molecule has 1 aliphatic rings. The van der Waals surface area contributed by atoms with E-state index in [1.54, 1.807) is 0 Å². The molecule has 5 heteroatoms. The van der Waals surface area contributed by atoms with Crippen molar-refractivity contribution in [3.63, 3.8) is 0 Å². The zero-order chi connectivity index (χ0) is 19.6. The van der Waals surface area contributed by atoms with Gasteiger partial charge in [-0.05, 0) is 24.1 Å². The van der Waals surface area contributed by atoms with Crippen molar-refractivity contribution in [3.8, 4) is 11.3 Å². The molecular formula is C24H17N3O2. The van der Waals surface area contributed by atoms with Crippen molar-refractivity contribution in [1.29, 1.82) is 0 Å². The average molecular weight is 379 g/mol. The molecule has 0 unspecified atom stereocenters. The monoisotopic (exact) mass is 379 g/mol. The molecule has 0 fully saturated rings. The number of nitrogens with zero attached hydrogens (tertiary/aromatic N) is 3. The lowest BCUT2D eigenvalue weighted by atomic mass is 10.1. The molecule has 0 N–H and O–H groups in total. The molecule has 0 bridgehead atoms. The number of hydrogen-bond acceptors (Lipinski definition) is 5. The third-order valence-electron chi connectivity index (χ3n) is 4.93. The van der Waals surface area contributed by atoms with Crippen molar-refractivity contribution in [2.24, 2.45) is 5.16 Å². The first-order chi connectivity index (χ1) is 14.3. The first kappa shape index (κ1) is 17.3. The second kappa shape index (κ2) is 7.28. The fraction of sp³-hybridized carbons (Fsp3) is 0.0833. The number of carbonyl (C=O) groups is 1. The van der Waals surface area contributed by atoms with Crippen molar-refractivity contribution in [3.05, 3.63) is 95.7 Å². The number of carbonyl (C=O) groups excluding carboxylic acids is 1.